The van der Waals surface area contributed by atoms with Gasteiger partial charge in [-0.3, -0.25) is 0 Å². The molecule has 0 aromatic rings. The third-order valence-electron chi connectivity index (χ3n) is 3.22. The number of allylic oxidation sites excluding steroid dienone is 1. The zero-order chi connectivity index (χ0) is 13.1. The summed E-state index contributed by atoms with van der Waals surface area (Å²) in [5.74, 6) is 0. The third kappa shape index (κ3) is 8.33. The first kappa shape index (κ1) is 16.6. The zero-order valence-electron chi connectivity index (χ0n) is 11.6. The van der Waals surface area contributed by atoms with Crippen molar-refractivity contribution < 1.29 is 9.04 Å². The molecule has 0 N–H and O–H groups in total. The Hall–Kier alpha value is -0.410. The van der Waals surface area contributed by atoms with E-state index in [0.717, 1.165) is 12.8 Å². The van der Waals surface area contributed by atoms with Gasteiger partial charge in [-0.1, -0.05) is 39.0 Å². The SMILES string of the molecule is CCCCCCCC(F)C=C[N+]([O-])(CC)CC. The van der Waals surface area contributed by atoms with E-state index in [1.54, 1.807) is 0 Å². The molecule has 0 heterocycles. The average Bonchev–Trinajstić information content (AvgIpc) is 2.35. The van der Waals surface area contributed by atoms with Gasteiger partial charge in [0.25, 0.3) is 0 Å². The second kappa shape index (κ2) is 9.60. The number of halogens is 1. The minimum atomic E-state index is -0.957. The van der Waals surface area contributed by atoms with Gasteiger partial charge in [-0.15, -0.1) is 0 Å². The molecule has 1 atom stereocenters. The topological polar surface area (TPSA) is 23.1 Å². The van der Waals surface area contributed by atoms with Gasteiger partial charge in [-0.25, -0.2) is 4.39 Å². The van der Waals surface area contributed by atoms with Gasteiger partial charge in [-0.2, -0.15) is 0 Å². The minimum Gasteiger partial charge on any atom is -0.628 e. The van der Waals surface area contributed by atoms with Crippen LogP contribution in [0.3, 0.4) is 0 Å². The van der Waals surface area contributed by atoms with E-state index < -0.39 is 10.8 Å². The standard InChI is InChI=1S/C14H28FNO/c1-4-7-8-9-10-11-14(15)12-13-16(17,5-2)6-3/h12-14H,4-11H2,1-3H3. The van der Waals surface area contributed by atoms with Crippen LogP contribution in [0, 0.1) is 5.21 Å². The lowest BCUT2D eigenvalue weighted by Crippen LogP contribution is -2.35. The van der Waals surface area contributed by atoms with Gasteiger partial charge in [0.15, 0.2) is 0 Å². The van der Waals surface area contributed by atoms with Crippen molar-refractivity contribution in [2.75, 3.05) is 13.1 Å². The predicted molar refractivity (Wildman–Crippen MR) is 72.1 cm³/mol. The molecule has 0 saturated heterocycles. The Kier molecular flexibility index (Phi) is 9.37. The molecule has 0 saturated carbocycles. The number of unbranched alkanes of at least 4 members (excludes halogenated alkanes) is 4. The van der Waals surface area contributed by atoms with E-state index in [0.29, 0.717) is 19.5 Å². The first-order valence-corrected chi connectivity index (χ1v) is 6.99. The van der Waals surface area contributed by atoms with Crippen molar-refractivity contribution >= 4 is 0 Å². The summed E-state index contributed by atoms with van der Waals surface area (Å²) >= 11 is 0. The molecule has 0 aromatic carbocycles. The maximum absolute atomic E-state index is 13.5. The summed E-state index contributed by atoms with van der Waals surface area (Å²) in [6.45, 7) is 6.77. The van der Waals surface area contributed by atoms with Crippen molar-refractivity contribution in [3.8, 4) is 0 Å². The van der Waals surface area contributed by atoms with Crippen LogP contribution in [0.4, 0.5) is 4.39 Å². The molecule has 0 aliphatic heterocycles. The van der Waals surface area contributed by atoms with E-state index in [-0.39, 0.29) is 0 Å². The smallest absolute Gasteiger partial charge is 0.124 e. The maximum atomic E-state index is 13.5. The fraction of sp³-hybridized carbons (Fsp3) is 0.857. The van der Waals surface area contributed by atoms with E-state index in [1.165, 1.54) is 31.5 Å². The second-order valence-electron chi connectivity index (χ2n) is 4.65. The van der Waals surface area contributed by atoms with Crippen molar-refractivity contribution in [3.05, 3.63) is 17.5 Å². The van der Waals surface area contributed by atoms with Crippen molar-refractivity contribution in [2.24, 2.45) is 0 Å². The quantitative estimate of drug-likeness (QED) is 0.314. The number of hydrogen-bond acceptors (Lipinski definition) is 1. The zero-order valence-corrected chi connectivity index (χ0v) is 11.6. The molecule has 0 amide bonds. The fourth-order valence-corrected chi connectivity index (χ4v) is 1.72. The fourth-order valence-electron chi connectivity index (χ4n) is 1.72. The molecule has 17 heavy (non-hydrogen) atoms. The molecule has 3 heteroatoms. The molecule has 1 unspecified atom stereocenters. The Morgan fingerprint density at radius 2 is 1.65 bits per heavy atom. The third-order valence-corrected chi connectivity index (χ3v) is 3.22. The Balaban J connectivity index is 3.77. The molecule has 0 aromatic heterocycles. The van der Waals surface area contributed by atoms with Crippen molar-refractivity contribution in [2.45, 2.75) is 65.5 Å². The van der Waals surface area contributed by atoms with Crippen molar-refractivity contribution in [1.29, 1.82) is 0 Å². The highest BCUT2D eigenvalue weighted by molar-refractivity contribution is 4.84. The lowest BCUT2D eigenvalue weighted by atomic mass is 10.1. The number of hydroxylamine groups is 3. The van der Waals surface area contributed by atoms with Crippen LogP contribution in [-0.2, 0) is 0 Å². The van der Waals surface area contributed by atoms with Gasteiger partial charge in [0.2, 0.25) is 0 Å². The van der Waals surface area contributed by atoms with Crippen LogP contribution in [0.2, 0.25) is 0 Å². The van der Waals surface area contributed by atoms with Gasteiger partial charge in [0, 0.05) is 6.08 Å². The molecular weight excluding hydrogens is 217 g/mol. The highest BCUT2D eigenvalue weighted by Crippen LogP contribution is 2.12. The van der Waals surface area contributed by atoms with Crippen LogP contribution >= 0.6 is 0 Å². The van der Waals surface area contributed by atoms with Gasteiger partial charge in [0.05, 0.1) is 19.3 Å². The van der Waals surface area contributed by atoms with Crippen LogP contribution in [-0.4, -0.2) is 23.9 Å². The molecule has 2 nitrogen and oxygen atoms in total. The maximum Gasteiger partial charge on any atom is 0.124 e. The van der Waals surface area contributed by atoms with Crippen molar-refractivity contribution in [3.63, 3.8) is 0 Å². The molecule has 0 aliphatic rings. The van der Waals surface area contributed by atoms with Crippen LogP contribution in [0.25, 0.3) is 0 Å². The molecule has 102 valence electrons. The Bertz CT molecular complexity index is 202. The molecule has 0 spiro atoms. The lowest BCUT2D eigenvalue weighted by Gasteiger charge is -2.36. The monoisotopic (exact) mass is 245 g/mol. The summed E-state index contributed by atoms with van der Waals surface area (Å²) in [7, 11) is 0. The van der Waals surface area contributed by atoms with Crippen LogP contribution in [0.5, 0.6) is 0 Å². The van der Waals surface area contributed by atoms with Crippen LogP contribution in [0.1, 0.15) is 59.3 Å². The number of hydrogen-bond donors (Lipinski definition) is 0. The lowest BCUT2D eigenvalue weighted by molar-refractivity contribution is -0.825. The average molecular weight is 245 g/mol. The Morgan fingerprint density at radius 1 is 1.06 bits per heavy atom. The van der Waals surface area contributed by atoms with E-state index >= 15 is 0 Å². The molecule has 0 aliphatic carbocycles. The normalized spacial score (nSPS) is 14.4. The predicted octanol–water partition coefficient (Wildman–Crippen LogP) is 4.55. The van der Waals surface area contributed by atoms with Crippen molar-refractivity contribution in [1.82, 2.24) is 0 Å². The summed E-state index contributed by atoms with van der Waals surface area (Å²) in [5.41, 5.74) is 0. The molecule has 0 fully saturated rings. The highest BCUT2D eigenvalue weighted by Gasteiger charge is 2.09. The van der Waals surface area contributed by atoms with E-state index in [4.69, 9.17) is 0 Å². The largest absolute Gasteiger partial charge is 0.628 e. The Labute approximate surface area is 106 Å². The van der Waals surface area contributed by atoms with E-state index in [1.807, 2.05) is 13.8 Å². The minimum absolute atomic E-state index is 0.420. The molecule has 0 radical (unpaired) electrons. The summed E-state index contributed by atoms with van der Waals surface area (Å²) in [6.07, 6.45) is 8.16. The second-order valence-corrected chi connectivity index (χ2v) is 4.65. The number of rotatable bonds is 10. The molecule has 0 rings (SSSR count). The van der Waals surface area contributed by atoms with E-state index in [9.17, 15) is 9.60 Å². The van der Waals surface area contributed by atoms with Crippen LogP contribution < -0.4 is 0 Å². The summed E-state index contributed by atoms with van der Waals surface area (Å²) in [6, 6.07) is 0. The summed E-state index contributed by atoms with van der Waals surface area (Å²) in [4.78, 5) is 0. The highest BCUT2D eigenvalue weighted by atomic mass is 19.1. The van der Waals surface area contributed by atoms with Gasteiger partial charge < -0.3 is 9.85 Å². The number of nitrogens with zero attached hydrogens (tertiary/aromatic N) is 1. The van der Waals surface area contributed by atoms with Gasteiger partial charge in [0.1, 0.15) is 6.17 Å². The number of quaternary nitrogens is 1. The first-order chi connectivity index (χ1) is 8.08. The van der Waals surface area contributed by atoms with Crippen LogP contribution in [0.15, 0.2) is 12.3 Å². The molecular formula is C14H28FNO. The molecule has 0 bridgehead atoms. The van der Waals surface area contributed by atoms with Gasteiger partial charge >= 0.3 is 0 Å². The summed E-state index contributed by atoms with van der Waals surface area (Å²) in [5, 5.41) is 11.8. The number of alkyl halides is 1. The van der Waals surface area contributed by atoms with Gasteiger partial charge in [-0.05, 0) is 20.3 Å². The first-order valence-electron chi connectivity index (χ1n) is 6.99. The Morgan fingerprint density at radius 3 is 2.18 bits per heavy atom. The summed E-state index contributed by atoms with van der Waals surface area (Å²) < 4.78 is 13.1. The van der Waals surface area contributed by atoms with E-state index in [2.05, 4.69) is 6.92 Å².